The maximum Gasteiger partial charge on any atom is 0.231 e. The van der Waals surface area contributed by atoms with Crippen LogP contribution in [0, 0.1) is 5.41 Å². The number of nitrogens with zero attached hydrogens (tertiary/aromatic N) is 1. The Morgan fingerprint density at radius 2 is 1.87 bits per heavy atom. The van der Waals surface area contributed by atoms with E-state index in [1.54, 1.807) is 5.38 Å². The molecule has 0 saturated heterocycles. The van der Waals surface area contributed by atoms with E-state index in [1.165, 1.54) is 11.3 Å². The SMILES string of the molecule is CCC(CC)(CN)NC(=O)Cc1csc(NC(=O)C(C)(C)C)n1. The van der Waals surface area contributed by atoms with Gasteiger partial charge in [0.2, 0.25) is 11.8 Å². The Morgan fingerprint density at radius 1 is 1.26 bits per heavy atom. The minimum Gasteiger partial charge on any atom is -0.349 e. The largest absolute Gasteiger partial charge is 0.349 e. The zero-order chi connectivity index (χ0) is 17.7. The molecule has 23 heavy (non-hydrogen) atoms. The molecule has 4 N–H and O–H groups in total. The van der Waals surface area contributed by atoms with Gasteiger partial charge < -0.3 is 16.4 Å². The van der Waals surface area contributed by atoms with Crippen LogP contribution < -0.4 is 16.4 Å². The van der Waals surface area contributed by atoms with E-state index in [1.807, 2.05) is 34.6 Å². The second-order valence-corrected chi connectivity index (χ2v) is 7.62. The molecule has 0 aliphatic carbocycles. The number of hydrogen-bond donors (Lipinski definition) is 3. The first-order valence-corrected chi connectivity index (χ1v) is 8.80. The maximum absolute atomic E-state index is 12.2. The predicted octanol–water partition coefficient (Wildman–Crippen LogP) is 2.30. The molecule has 0 unspecified atom stereocenters. The minimum absolute atomic E-state index is 0.0954. The molecule has 0 aliphatic heterocycles. The smallest absolute Gasteiger partial charge is 0.231 e. The van der Waals surface area contributed by atoms with Crippen molar-refractivity contribution >= 4 is 28.3 Å². The van der Waals surface area contributed by atoms with Crippen LogP contribution in [0.25, 0.3) is 0 Å². The summed E-state index contributed by atoms with van der Waals surface area (Å²) in [4.78, 5) is 28.4. The number of thiazole rings is 1. The zero-order valence-electron chi connectivity index (χ0n) is 14.7. The van der Waals surface area contributed by atoms with Gasteiger partial charge in [0.25, 0.3) is 0 Å². The van der Waals surface area contributed by atoms with Crippen molar-refractivity contribution in [2.75, 3.05) is 11.9 Å². The van der Waals surface area contributed by atoms with Crippen molar-refractivity contribution in [2.24, 2.45) is 11.1 Å². The van der Waals surface area contributed by atoms with Crippen LogP contribution in [0.2, 0.25) is 0 Å². The molecule has 6 nitrogen and oxygen atoms in total. The number of aromatic nitrogens is 1. The van der Waals surface area contributed by atoms with Crippen molar-refractivity contribution in [2.45, 2.75) is 59.4 Å². The van der Waals surface area contributed by atoms with Crippen molar-refractivity contribution in [3.8, 4) is 0 Å². The van der Waals surface area contributed by atoms with Crippen molar-refractivity contribution < 1.29 is 9.59 Å². The molecule has 1 aromatic heterocycles. The number of hydrogen-bond acceptors (Lipinski definition) is 5. The molecule has 0 bridgehead atoms. The number of carbonyl (C=O) groups is 2. The summed E-state index contributed by atoms with van der Waals surface area (Å²) in [5, 5.41) is 8.10. The molecule has 0 spiro atoms. The third kappa shape index (κ3) is 5.58. The van der Waals surface area contributed by atoms with Crippen LogP contribution in [0.15, 0.2) is 5.38 Å². The van der Waals surface area contributed by atoms with E-state index >= 15 is 0 Å². The summed E-state index contributed by atoms with van der Waals surface area (Å²) in [5.74, 6) is -0.194. The van der Waals surface area contributed by atoms with Gasteiger partial charge in [-0.2, -0.15) is 0 Å². The molecule has 0 saturated carbocycles. The molecule has 1 heterocycles. The van der Waals surface area contributed by atoms with Gasteiger partial charge in [-0.1, -0.05) is 34.6 Å². The summed E-state index contributed by atoms with van der Waals surface area (Å²) in [6.45, 7) is 9.96. The van der Waals surface area contributed by atoms with Crippen molar-refractivity contribution in [3.05, 3.63) is 11.1 Å². The maximum atomic E-state index is 12.2. The molecule has 0 atom stereocenters. The zero-order valence-corrected chi connectivity index (χ0v) is 15.5. The normalized spacial score (nSPS) is 12.1. The first kappa shape index (κ1) is 19.6. The van der Waals surface area contributed by atoms with Crippen LogP contribution in [0.1, 0.15) is 53.2 Å². The van der Waals surface area contributed by atoms with Gasteiger partial charge in [0.1, 0.15) is 0 Å². The summed E-state index contributed by atoms with van der Waals surface area (Å²) in [5.41, 5.74) is 5.61. The van der Waals surface area contributed by atoms with Gasteiger partial charge in [-0.05, 0) is 12.8 Å². The number of nitrogens with two attached hydrogens (primary N) is 1. The lowest BCUT2D eigenvalue weighted by molar-refractivity contribution is -0.123. The molecule has 0 fully saturated rings. The highest BCUT2D eigenvalue weighted by atomic mass is 32.1. The van der Waals surface area contributed by atoms with Gasteiger partial charge in [-0.15, -0.1) is 11.3 Å². The summed E-state index contributed by atoms with van der Waals surface area (Å²) in [6.07, 6.45) is 1.76. The van der Waals surface area contributed by atoms with E-state index in [4.69, 9.17) is 5.73 Å². The average molecular weight is 340 g/mol. The Bertz CT molecular complexity index is 536. The number of anilines is 1. The second-order valence-electron chi connectivity index (χ2n) is 6.76. The predicted molar refractivity (Wildman–Crippen MR) is 94.4 cm³/mol. The van der Waals surface area contributed by atoms with Gasteiger partial charge in [0.05, 0.1) is 17.7 Å². The van der Waals surface area contributed by atoms with Crippen LogP contribution >= 0.6 is 11.3 Å². The molecular formula is C16H28N4O2S. The number of amides is 2. The van der Waals surface area contributed by atoms with Crippen LogP contribution in [0.4, 0.5) is 5.13 Å². The Labute approximate surface area is 142 Å². The Morgan fingerprint density at radius 3 is 2.35 bits per heavy atom. The fraction of sp³-hybridized carbons (Fsp3) is 0.688. The lowest BCUT2D eigenvalue weighted by atomic mass is 9.92. The number of carbonyl (C=O) groups excluding carboxylic acids is 2. The second kappa shape index (κ2) is 7.88. The fourth-order valence-electron chi connectivity index (χ4n) is 2.00. The average Bonchev–Trinajstić information content (AvgIpc) is 2.91. The van der Waals surface area contributed by atoms with Crippen LogP contribution in [0.5, 0.6) is 0 Å². The summed E-state index contributed by atoms with van der Waals surface area (Å²) >= 11 is 1.32. The van der Waals surface area contributed by atoms with Gasteiger partial charge >= 0.3 is 0 Å². The van der Waals surface area contributed by atoms with E-state index in [2.05, 4.69) is 15.6 Å². The highest BCUT2D eigenvalue weighted by Gasteiger charge is 2.27. The van der Waals surface area contributed by atoms with Crippen molar-refractivity contribution in [1.29, 1.82) is 0 Å². The highest BCUT2D eigenvalue weighted by molar-refractivity contribution is 7.13. The minimum atomic E-state index is -0.480. The molecule has 130 valence electrons. The van der Waals surface area contributed by atoms with Gasteiger partial charge in [0.15, 0.2) is 5.13 Å². The van der Waals surface area contributed by atoms with E-state index in [0.717, 1.165) is 12.8 Å². The molecule has 0 aliphatic rings. The van der Waals surface area contributed by atoms with Crippen molar-refractivity contribution in [3.63, 3.8) is 0 Å². The lowest BCUT2D eigenvalue weighted by Crippen LogP contribution is -2.53. The van der Waals surface area contributed by atoms with Gasteiger partial charge in [0, 0.05) is 17.3 Å². The molecule has 7 heteroatoms. The third-order valence-corrected chi connectivity index (χ3v) is 4.75. The van der Waals surface area contributed by atoms with E-state index in [0.29, 0.717) is 17.4 Å². The third-order valence-electron chi connectivity index (χ3n) is 3.94. The van der Waals surface area contributed by atoms with E-state index < -0.39 is 5.41 Å². The Hall–Kier alpha value is -1.47. The van der Waals surface area contributed by atoms with E-state index in [-0.39, 0.29) is 23.8 Å². The van der Waals surface area contributed by atoms with Crippen LogP contribution in [0.3, 0.4) is 0 Å². The standard InChI is InChI=1S/C16H28N4O2S/c1-6-16(7-2,10-17)20-12(21)8-11-9-23-14(18-11)19-13(22)15(3,4)5/h9H,6-8,10,17H2,1-5H3,(H,20,21)(H,18,19,22). The number of rotatable bonds is 7. The first-order valence-electron chi connectivity index (χ1n) is 7.92. The molecular weight excluding hydrogens is 312 g/mol. The highest BCUT2D eigenvalue weighted by Crippen LogP contribution is 2.21. The topological polar surface area (TPSA) is 97.1 Å². The molecule has 1 rings (SSSR count). The van der Waals surface area contributed by atoms with Crippen molar-refractivity contribution in [1.82, 2.24) is 10.3 Å². The molecule has 1 aromatic rings. The quantitative estimate of drug-likeness (QED) is 0.709. The summed E-state index contributed by atoms with van der Waals surface area (Å²) in [7, 11) is 0. The Kier molecular flexibility index (Phi) is 6.70. The Balaban J connectivity index is 2.66. The summed E-state index contributed by atoms with van der Waals surface area (Å²) < 4.78 is 0. The fourth-order valence-corrected chi connectivity index (χ4v) is 2.71. The van der Waals surface area contributed by atoms with E-state index in [9.17, 15) is 9.59 Å². The number of nitrogens with one attached hydrogen (secondary N) is 2. The summed E-state index contributed by atoms with van der Waals surface area (Å²) in [6, 6.07) is 0. The lowest BCUT2D eigenvalue weighted by Gasteiger charge is -2.31. The monoisotopic (exact) mass is 340 g/mol. The van der Waals surface area contributed by atoms with Gasteiger partial charge in [-0.25, -0.2) is 4.98 Å². The molecule has 0 radical (unpaired) electrons. The van der Waals surface area contributed by atoms with Crippen LogP contribution in [-0.4, -0.2) is 28.9 Å². The molecule has 0 aromatic carbocycles. The van der Waals surface area contributed by atoms with Crippen LogP contribution in [-0.2, 0) is 16.0 Å². The first-order chi connectivity index (χ1) is 10.7. The molecule has 2 amide bonds. The van der Waals surface area contributed by atoms with Gasteiger partial charge in [-0.3, -0.25) is 9.59 Å².